The van der Waals surface area contributed by atoms with Crippen molar-refractivity contribution >= 4 is 33.4 Å². The Bertz CT molecular complexity index is 1200. The van der Waals surface area contributed by atoms with Crippen LogP contribution in [0.1, 0.15) is 26.2 Å². The normalized spacial score (nSPS) is 15.7. The summed E-state index contributed by atoms with van der Waals surface area (Å²) in [5, 5.41) is 3.16. The molecule has 172 valence electrons. The van der Waals surface area contributed by atoms with Gasteiger partial charge in [0, 0.05) is 24.3 Å². The first kappa shape index (κ1) is 23.4. The number of thioether (sulfide) groups is 1. The van der Waals surface area contributed by atoms with Crippen molar-refractivity contribution in [3.8, 4) is 11.3 Å². The van der Waals surface area contributed by atoms with Crippen LogP contribution in [-0.2, 0) is 14.8 Å². The first-order valence-corrected chi connectivity index (χ1v) is 13.2. The molecule has 1 N–H and O–H groups in total. The third kappa shape index (κ3) is 5.79. The van der Waals surface area contributed by atoms with Crippen LogP contribution in [0.15, 0.2) is 76.9 Å². The van der Waals surface area contributed by atoms with Crippen molar-refractivity contribution in [1.29, 1.82) is 0 Å². The molecule has 1 aliphatic rings. The largest absolute Gasteiger partial charge is 0.325 e. The van der Waals surface area contributed by atoms with E-state index < -0.39 is 15.3 Å². The Morgan fingerprint density at radius 2 is 1.70 bits per heavy atom. The lowest BCUT2D eigenvalue weighted by Crippen LogP contribution is -2.35. The molecule has 2 aromatic carbocycles. The van der Waals surface area contributed by atoms with E-state index in [1.165, 1.54) is 22.4 Å². The number of nitrogens with one attached hydrogen (secondary N) is 1. The number of hydrogen-bond acceptors (Lipinski definition) is 6. The standard InChI is InChI=1S/C24H26N4O3S2/c1-18(32-23-16-22(25-17-26-23)19-8-4-2-5-9-19)24(29)27-20-10-12-21(13-11-20)33(30,31)28-14-6-3-7-15-28/h2,4-5,8-13,16-18H,3,6-7,14-15H2,1H3,(H,27,29). The van der Waals surface area contributed by atoms with Crippen LogP contribution in [0.3, 0.4) is 0 Å². The minimum atomic E-state index is -3.49. The Hall–Kier alpha value is -2.75. The van der Waals surface area contributed by atoms with E-state index in [0.29, 0.717) is 23.8 Å². The van der Waals surface area contributed by atoms with Gasteiger partial charge in [0.25, 0.3) is 0 Å². The molecular formula is C24H26N4O3S2. The predicted molar refractivity (Wildman–Crippen MR) is 130 cm³/mol. The topological polar surface area (TPSA) is 92.3 Å². The number of sulfonamides is 1. The van der Waals surface area contributed by atoms with Crippen LogP contribution in [0.2, 0.25) is 0 Å². The van der Waals surface area contributed by atoms with Crippen LogP contribution in [-0.4, -0.2) is 46.9 Å². The highest BCUT2D eigenvalue weighted by Crippen LogP contribution is 2.26. The van der Waals surface area contributed by atoms with Gasteiger partial charge in [-0.1, -0.05) is 48.5 Å². The van der Waals surface area contributed by atoms with E-state index in [1.54, 1.807) is 31.2 Å². The van der Waals surface area contributed by atoms with Crippen molar-refractivity contribution in [2.45, 2.75) is 41.4 Å². The lowest BCUT2D eigenvalue weighted by atomic mass is 10.1. The van der Waals surface area contributed by atoms with Gasteiger partial charge in [0.1, 0.15) is 11.4 Å². The Balaban J connectivity index is 1.38. The molecule has 0 radical (unpaired) electrons. The second-order valence-corrected chi connectivity index (χ2v) is 11.1. The maximum Gasteiger partial charge on any atom is 0.243 e. The van der Waals surface area contributed by atoms with Gasteiger partial charge in [-0.25, -0.2) is 18.4 Å². The second-order valence-electron chi connectivity index (χ2n) is 7.85. The van der Waals surface area contributed by atoms with Gasteiger partial charge in [-0.05, 0) is 50.1 Å². The molecular weight excluding hydrogens is 456 g/mol. The monoisotopic (exact) mass is 482 g/mol. The average molecular weight is 483 g/mol. The molecule has 1 amide bonds. The van der Waals surface area contributed by atoms with Crippen molar-refractivity contribution in [2.24, 2.45) is 0 Å². The quantitative estimate of drug-likeness (QED) is 0.395. The third-order valence-electron chi connectivity index (χ3n) is 5.45. The summed E-state index contributed by atoms with van der Waals surface area (Å²) in [6, 6.07) is 18.0. The van der Waals surface area contributed by atoms with Crippen molar-refractivity contribution in [1.82, 2.24) is 14.3 Å². The van der Waals surface area contributed by atoms with E-state index in [0.717, 1.165) is 30.5 Å². The number of anilines is 1. The number of piperidine rings is 1. The molecule has 1 fully saturated rings. The second kappa shape index (κ2) is 10.5. The van der Waals surface area contributed by atoms with Gasteiger partial charge < -0.3 is 5.32 Å². The number of hydrogen-bond donors (Lipinski definition) is 1. The van der Waals surface area contributed by atoms with Gasteiger partial charge in [0.2, 0.25) is 15.9 Å². The summed E-state index contributed by atoms with van der Waals surface area (Å²) in [6.45, 7) is 2.93. The lowest BCUT2D eigenvalue weighted by molar-refractivity contribution is -0.115. The number of aromatic nitrogens is 2. The molecule has 0 saturated carbocycles. The van der Waals surface area contributed by atoms with Crippen LogP contribution >= 0.6 is 11.8 Å². The van der Waals surface area contributed by atoms with Crippen LogP contribution in [0.25, 0.3) is 11.3 Å². The predicted octanol–water partition coefficient (Wildman–Crippen LogP) is 4.44. The van der Waals surface area contributed by atoms with Crippen molar-refractivity contribution in [3.63, 3.8) is 0 Å². The summed E-state index contributed by atoms with van der Waals surface area (Å²) in [7, 11) is -3.49. The molecule has 33 heavy (non-hydrogen) atoms. The molecule has 0 spiro atoms. The zero-order valence-corrected chi connectivity index (χ0v) is 20.0. The summed E-state index contributed by atoms with van der Waals surface area (Å²) in [6.07, 6.45) is 4.34. The smallest absolute Gasteiger partial charge is 0.243 e. The molecule has 1 saturated heterocycles. The number of rotatable bonds is 7. The molecule has 4 rings (SSSR count). The molecule has 1 aromatic heterocycles. The number of benzene rings is 2. The zero-order chi connectivity index (χ0) is 23.3. The van der Waals surface area contributed by atoms with Gasteiger partial charge in [0.15, 0.2) is 0 Å². The van der Waals surface area contributed by atoms with E-state index in [9.17, 15) is 13.2 Å². The van der Waals surface area contributed by atoms with Crippen molar-refractivity contribution in [3.05, 3.63) is 67.0 Å². The Labute approximate surface area is 198 Å². The molecule has 0 bridgehead atoms. The van der Waals surface area contributed by atoms with Crippen LogP contribution in [0, 0.1) is 0 Å². The van der Waals surface area contributed by atoms with E-state index in [4.69, 9.17) is 0 Å². The number of carbonyl (C=O) groups excluding carboxylic acids is 1. The summed E-state index contributed by atoms with van der Waals surface area (Å²) in [4.78, 5) is 21.5. The average Bonchev–Trinajstić information content (AvgIpc) is 2.85. The van der Waals surface area contributed by atoms with Crippen molar-refractivity contribution in [2.75, 3.05) is 18.4 Å². The third-order valence-corrected chi connectivity index (χ3v) is 8.40. The molecule has 1 aliphatic heterocycles. The highest BCUT2D eigenvalue weighted by molar-refractivity contribution is 8.00. The summed E-state index contributed by atoms with van der Waals surface area (Å²) < 4.78 is 27.1. The van der Waals surface area contributed by atoms with Crippen LogP contribution in [0.4, 0.5) is 5.69 Å². The summed E-state index contributed by atoms with van der Waals surface area (Å²) in [5.41, 5.74) is 2.34. The van der Waals surface area contributed by atoms with Gasteiger partial charge in [-0.15, -0.1) is 0 Å². The van der Waals surface area contributed by atoms with E-state index in [1.807, 2.05) is 36.4 Å². The summed E-state index contributed by atoms with van der Waals surface area (Å²) >= 11 is 1.34. The molecule has 3 aromatic rings. The number of carbonyl (C=O) groups is 1. The van der Waals surface area contributed by atoms with E-state index in [-0.39, 0.29) is 10.8 Å². The summed E-state index contributed by atoms with van der Waals surface area (Å²) in [5.74, 6) is -0.188. The van der Waals surface area contributed by atoms with Gasteiger partial charge in [0.05, 0.1) is 15.8 Å². The zero-order valence-electron chi connectivity index (χ0n) is 18.3. The van der Waals surface area contributed by atoms with E-state index >= 15 is 0 Å². The fourth-order valence-corrected chi connectivity index (χ4v) is 5.95. The minimum Gasteiger partial charge on any atom is -0.325 e. The molecule has 1 atom stereocenters. The SMILES string of the molecule is CC(Sc1cc(-c2ccccc2)ncn1)C(=O)Nc1ccc(S(=O)(=O)N2CCCCC2)cc1. The number of nitrogens with zero attached hydrogens (tertiary/aromatic N) is 3. The van der Waals surface area contributed by atoms with Gasteiger partial charge >= 0.3 is 0 Å². The van der Waals surface area contributed by atoms with Gasteiger partial charge in [-0.3, -0.25) is 4.79 Å². The highest BCUT2D eigenvalue weighted by Gasteiger charge is 2.26. The van der Waals surface area contributed by atoms with Crippen LogP contribution < -0.4 is 5.32 Å². The van der Waals surface area contributed by atoms with Gasteiger partial charge in [-0.2, -0.15) is 4.31 Å². The lowest BCUT2D eigenvalue weighted by Gasteiger charge is -2.25. The molecule has 1 unspecified atom stereocenters. The fraction of sp³-hybridized carbons (Fsp3) is 0.292. The molecule has 7 nitrogen and oxygen atoms in total. The molecule has 0 aliphatic carbocycles. The maximum absolute atomic E-state index is 12.8. The Kier molecular flexibility index (Phi) is 7.42. The fourth-order valence-electron chi connectivity index (χ4n) is 3.61. The molecule has 2 heterocycles. The Morgan fingerprint density at radius 1 is 1.00 bits per heavy atom. The maximum atomic E-state index is 12.8. The Morgan fingerprint density at radius 3 is 2.39 bits per heavy atom. The minimum absolute atomic E-state index is 0.188. The number of amides is 1. The molecule has 9 heteroatoms. The van der Waals surface area contributed by atoms with Crippen LogP contribution in [0.5, 0.6) is 0 Å². The van der Waals surface area contributed by atoms with E-state index in [2.05, 4.69) is 15.3 Å². The van der Waals surface area contributed by atoms with Crippen molar-refractivity contribution < 1.29 is 13.2 Å². The first-order chi connectivity index (χ1) is 15.9. The first-order valence-electron chi connectivity index (χ1n) is 10.9. The highest BCUT2D eigenvalue weighted by atomic mass is 32.2.